The van der Waals surface area contributed by atoms with Gasteiger partial charge in [0.05, 0.1) is 10.2 Å². The van der Waals surface area contributed by atoms with Crippen LogP contribution in [0, 0.1) is 0 Å². The van der Waals surface area contributed by atoms with E-state index in [0.29, 0.717) is 5.13 Å². The number of nitrogens with zero attached hydrogens (tertiary/aromatic N) is 1. The molecule has 1 aromatic heterocycles. The molecule has 1 heterocycles. The molecule has 6 nitrogen and oxygen atoms in total. The van der Waals surface area contributed by atoms with E-state index in [-0.39, 0.29) is 18.7 Å². The fraction of sp³-hybridized carbons (Fsp3) is 0.250. The monoisotopic (exact) mass is 279 g/mol. The number of nitrogens with one attached hydrogen (secondary N) is 1. The van der Waals surface area contributed by atoms with Crippen LogP contribution in [0.25, 0.3) is 10.2 Å². The SMILES string of the molecule is N[C@@H](CCC(=O)Nc1nc2ccccc2s1)C(=O)O. The molecule has 100 valence electrons. The van der Waals surface area contributed by atoms with Crippen molar-refractivity contribution < 1.29 is 14.7 Å². The highest BCUT2D eigenvalue weighted by Gasteiger charge is 2.14. The van der Waals surface area contributed by atoms with E-state index in [9.17, 15) is 9.59 Å². The maximum absolute atomic E-state index is 11.6. The number of hydrogen-bond donors (Lipinski definition) is 3. The first-order chi connectivity index (χ1) is 9.06. The average Bonchev–Trinajstić information content (AvgIpc) is 2.77. The molecule has 0 radical (unpaired) electrons. The second-order valence-corrected chi connectivity index (χ2v) is 5.05. The Morgan fingerprint density at radius 3 is 2.84 bits per heavy atom. The minimum Gasteiger partial charge on any atom is -0.480 e. The van der Waals surface area contributed by atoms with Crippen LogP contribution >= 0.6 is 11.3 Å². The van der Waals surface area contributed by atoms with Crippen molar-refractivity contribution >= 4 is 38.6 Å². The summed E-state index contributed by atoms with van der Waals surface area (Å²) in [6.07, 6.45) is 0.162. The van der Waals surface area contributed by atoms with Gasteiger partial charge in [-0.3, -0.25) is 9.59 Å². The van der Waals surface area contributed by atoms with Gasteiger partial charge in [0.2, 0.25) is 5.91 Å². The molecule has 0 saturated carbocycles. The van der Waals surface area contributed by atoms with Gasteiger partial charge in [0.1, 0.15) is 6.04 Å². The van der Waals surface area contributed by atoms with Crippen molar-refractivity contribution in [2.24, 2.45) is 5.73 Å². The first kappa shape index (κ1) is 13.4. The molecule has 1 amide bonds. The average molecular weight is 279 g/mol. The Balaban J connectivity index is 1.93. The van der Waals surface area contributed by atoms with Crippen molar-refractivity contribution in [1.82, 2.24) is 4.98 Å². The van der Waals surface area contributed by atoms with E-state index >= 15 is 0 Å². The van der Waals surface area contributed by atoms with Gasteiger partial charge in [0, 0.05) is 6.42 Å². The first-order valence-electron chi connectivity index (χ1n) is 5.70. The van der Waals surface area contributed by atoms with Crippen molar-refractivity contribution in [3.63, 3.8) is 0 Å². The van der Waals surface area contributed by atoms with Crippen LogP contribution in [-0.4, -0.2) is 28.0 Å². The number of fused-ring (bicyclic) bond motifs is 1. The van der Waals surface area contributed by atoms with Crippen LogP contribution in [0.2, 0.25) is 0 Å². The molecule has 0 bridgehead atoms. The predicted molar refractivity (Wildman–Crippen MR) is 73.1 cm³/mol. The number of carboxylic acid groups (broad SMARTS) is 1. The van der Waals surface area contributed by atoms with Crippen molar-refractivity contribution in [1.29, 1.82) is 0 Å². The van der Waals surface area contributed by atoms with Gasteiger partial charge >= 0.3 is 5.97 Å². The van der Waals surface area contributed by atoms with Gasteiger partial charge in [-0.15, -0.1) is 0 Å². The molecular formula is C12H13N3O3S. The Morgan fingerprint density at radius 2 is 2.16 bits per heavy atom. The third kappa shape index (κ3) is 3.49. The number of hydrogen-bond acceptors (Lipinski definition) is 5. The number of anilines is 1. The zero-order valence-electron chi connectivity index (χ0n) is 10.00. The minimum absolute atomic E-state index is 0.0589. The van der Waals surface area contributed by atoms with E-state index in [1.165, 1.54) is 11.3 Å². The molecule has 1 atom stereocenters. The summed E-state index contributed by atoms with van der Waals surface area (Å²) in [6.45, 7) is 0. The Labute approximate surface area is 113 Å². The summed E-state index contributed by atoms with van der Waals surface area (Å²) in [5, 5.41) is 11.8. The van der Waals surface area contributed by atoms with Gasteiger partial charge in [-0.25, -0.2) is 4.98 Å². The minimum atomic E-state index is -1.10. The number of aromatic nitrogens is 1. The molecule has 7 heteroatoms. The molecule has 0 fully saturated rings. The third-order valence-electron chi connectivity index (χ3n) is 2.54. The predicted octanol–water partition coefficient (Wildman–Crippen LogP) is 1.43. The van der Waals surface area contributed by atoms with E-state index in [1.807, 2.05) is 24.3 Å². The summed E-state index contributed by atoms with van der Waals surface area (Å²) in [6, 6.07) is 6.55. The highest BCUT2D eigenvalue weighted by Crippen LogP contribution is 2.25. The van der Waals surface area contributed by atoms with Crippen LogP contribution in [-0.2, 0) is 9.59 Å². The fourth-order valence-corrected chi connectivity index (χ4v) is 2.40. The highest BCUT2D eigenvalue weighted by atomic mass is 32.1. The number of amides is 1. The quantitative estimate of drug-likeness (QED) is 0.767. The molecule has 0 spiro atoms. The van der Waals surface area contributed by atoms with Gasteiger partial charge < -0.3 is 16.2 Å². The molecule has 4 N–H and O–H groups in total. The van der Waals surface area contributed by atoms with Crippen LogP contribution in [0.15, 0.2) is 24.3 Å². The number of benzene rings is 1. The molecule has 1 aromatic carbocycles. The summed E-state index contributed by atoms with van der Waals surface area (Å²) in [5.74, 6) is -1.39. The number of para-hydroxylation sites is 1. The number of aliphatic carboxylic acids is 1. The number of thiazole rings is 1. The lowest BCUT2D eigenvalue weighted by atomic mass is 10.1. The summed E-state index contributed by atoms with van der Waals surface area (Å²) >= 11 is 1.38. The molecule has 0 aliphatic carbocycles. The van der Waals surface area contributed by atoms with Crippen molar-refractivity contribution in [3.05, 3.63) is 24.3 Å². The van der Waals surface area contributed by atoms with Crippen LogP contribution in [0.4, 0.5) is 5.13 Å². The van der Waals surface area contributed by atoms with Crippen LogP contribution < -0.4 is 11.1 Å². The molecular weight excluding hydrogens is 266 g/mol. The summed E-state index contributed by atoms with van der Waals surface area (Å²) < 4.78 is 0.986. The third-order valence-corrected chi connectivity index (χ3v) is 3.49. The van der Waals surface area contributed by atoms with E-state index in [4.69, 9.17) is 10.8 Å². The van der Waals surface area contributed by atoms with Crippen LogP contribution in [0.5, 0.6) is 0 Å². The second kappa shape index (κ2) is 5.77. The molecule has 2 aromatic rings. The van der Waals surface area contributed by atoms with E-state index in [2.05, 4.69) is 10.3 Å². The molecule has 19 heavy (non-hydrogen) atoms. The van der Waals surface area contributed by atoms with Gasteiger partial charge in [0.25, 0.3) is 0 Å². The number of rotatable bonds is 5. The Bertz CT molecular complexity index is 578. The van der Waals surface area contributed by atoms with E-state index < -0.39 is 12.0 Å². The van der Waals surface area contributed by atoms with Gasteiger partial charge in [0.15, 0.2) is 5.13 Å². The van der Waals surface area contributed by atoms with Crippen molar-refractivity contribution in [2.45, 2.75) is 18.9 Å². The Kier molecular flexibility index (Phi) is 4.08. The van der Waals surface area contributed by atoms with Gasteiger partial charge in [-0.1, -0.05) is 23.5 Å². The topological polar surface area (TPSA) is 105 Å². The number of carbonyl (C=O) groups is 2. The smallest absolute Gasteiger partial charge is 0.320 e. The van der Waals surface area contributed by atoms with Crippen LogP contribution in [0.1, 0.15) is 12.8 Å². The zero-order valence-corrected chi connectivity index (χ0v) is 10.8. The van der Waals surface area contributed by atoms with Crippen molar-refractivity contribution in [2.75, 3.05) is 5.32 Å². The van der Waals surface area contributed by atoms with Gasteiger partial charge in [-0.2, -0.15) is 0 Å². The van der Waals surface area contributed by atoms with E-state index in [0.717, 1.165) is 10.2 Å². The summed E-state index contributed by atoms with van der Waals surface area (Å²) in [5.41, 5.74) is 6.15. The zero-order chi connectivity index (χ0) is 13.8. The molecule has 0 aliphatic heterocycles. The molecule has 2 rings (SSSR count). The van der Waals surface area contributed by atoms with Crippen LogP contribution in [0.3, 0.4) is 0 Å². The maximum atomic E-state index is 11.6. The largest absolute Gasteiger partial charge is 0.480 e. The van der Waals surface area contributed by atoms with E-state index in [1.54, 1.807) is 0 Å². The molecule has 0 saturated heterocycles. The normalized spacial score (nSPS) is 12.3. The summed E-state index contributed by atoms with van der Waals surface area (Å²) in [7, 11) is 0. The fourth-order valence-electron chi connectivity index (χ4n) is 1.52. The number of carbonyl (C=O) groups excluding carboxylic acids is 1. The number of carboxylic acids is 1. The first-order valence-corrected chi connectivity index (χ1v) is 6.51. The highest BCUT2D eigenvalue weighted by molar-refractivity contribution is 7.22. The van der Waals surface area contributed by atoms with Gasteiger partial charge in [-0.05, 0) is 18.6 Å². The standard InChI is InChI=1S/C12H13N3O3S/c13-7(11(17)18)5-6-10(16)15-12-14-8-3-1-2-4-9(8)19-12/h1-4,7H,5-6,13H2,(H,17,18)(H,14,15,16)/t7-/m0/s1. The lowest BCUT2D eigenvalue weighted by Crippen LogP contribution is -2.31. The van der Waals surface area contributed by atoms with Crippen molar-refractivity contribution in [3.8, 4) is 0 Å². The number of nitrogens with two attached hydrogens (primary N) is 1. The lowest BCUT2D eigenvalue weighted by molar-refractivity contribution is -0.138. The second-order valence-electron chi connectivity index (χ2n) is 4.02. The maximum Gasteiger partial charge on any atom is 0.320 e. The molecule has 0 aliphatic rings. The summed E-state index contributed by atoms with van der Waals surface area (Å²) in [4.78, 5) is 26.4. The Morgan fingerprint density at radius 1 is 1.42 bits per heavy atom. The lowest BCUT2D eigenvalue weighted by Gasteiger charge is -2.05. The molecule has 0 unspecified atom stereocenters. The Hall–Kier alpha value is -1.99.